The maximum absolute atomic E-state index is 13.2. The zero-order chi connectivity index (χ0) is 10.2. The molecule has 0 aliphatic heterocycles. The highest BCUT2D eigenvalue weighted by molar-refractivity contribution is 9.10. The van der Waals surface area contributed by atoms with Crippen molar-refractivity contribution in [1.82, 2.24) is 0 Å². The van der Waals surface area contributed by atoms with Gasteiger partial charge in [0.15, 0.2) is 11.6 Å². The van der Waals surface area contributed by atoms with Crippen LogP contribution in [-0.4, -0.2) is 12.1 Å². The maximum atomic E-state index is 13.2. The van der Waals surface area contributed by atoms with Gasteiger partial charge in [0.1, 0.15) is 6.61 Å². The Morgan fingerprint density at radius 2 is 2.13 bits per heavy atom. The van der Waals surface area contributed by atoms with Crippen molar-refractivity contribution in [2.24, 2.45) is 5.73 Å². The summed E-state index contributed by atoms with van der Waals surface area (Å²) in [5, 5.41) is 0. The molecule has 0 aromatic heterocycles. The second-order valence-corrected chi connectivity index (χ2v) is 4.64. The average molecular weight is 297 g/mol. The minimum atomic E-state index is -0.350. The van der Waals surface area contributed by atoms with Gasteiger partial charge in [0.25, 0.3) is 0 Å². The van der Waals surface area contributed by atoms with Crippen LogP contribution in [0.5, 0.6) is 5.75 Å². The summed E-state index contributed by atoms with van der Waals surface area (Å²) in [5.41, 5.74) is 5.61. The molecular formula is C10H12BrClFNO. The highest BCUT2D eigenvalue weighted by atomic mass is 79.9. The highest BCUT2D eigenvalue weighted by Gasteiger charge is 2.39. The molecule has 0 radical (unpaired) electrons. The van der Waals surface area contributed by atoms with Gasteiger partial charge in [-0.15, -0.1) is 12.4 Å². The second-order valence-electron chi connectivity index (χ2n) is 3.73. The third kappa shape index (κ3) is 3.33. The third-order valence-corrected chi connectivity index (χ3v) is 2.79. The van der Waals surface area contributed by atoms with Crippen LogP contribution in [0.4, 0.5) is 4.39 Å². The smallest absolute Gasteiger partial charge is 0.165 e. The molecular weight excluding hydrogens is 284 g/mol. The molecule has 84 valence electrons. The Kier molecular flexibility index (Phi) is 3.98. The van der Waals surface area contributed by atoms with Crippen LogP contribution in [0.25, 0.3) is 0 Å². The first-order valence-electron chi connectivity index (χ1n) is 4.46. The monoisotopic (exact) mass is 295 g/mol. The molecule has 0 amide bonds. The molecule has 1 saturated carbocycles. The van der Waals surface area contributed by atoms with Crippen molar-refractivity contribution in [3.8, 4) is 5.75 Å². The van der Waals surface area contributed by atoms with Crippen LogP contribution < -0.4 is 10.5 Å². The van der Waals surface area contributed by atoms with Crippen molar-refractivity contribution in [1.29, 1.82) is 0 Å². The molecule has 2 N–H and O–H groups in total. The van der Waals surface area contributed by atoms with Gasteiger partial charge in [-0.2, -0.15) is 0 Å². The first kappa shape index (κ1) is 12.7. The largest absolute Gasteiger partial charge is 0.489 e. The Morgan fingerprint density at radius 1 is 1.47 bits per heavy atom. The van der Waals surface area contributed by atoms with E-state index in [0.29, 0.717) is 6.61 Å². The lowest BCUT2D eigenvalue weighted by Gasteiger charge is -2.11. The molecule has 0 spiro atoms. The molecule has 15 heavy (non-hydrogen) atoms. The zero-order valence-electron chi connectivity index (χ0n) is 8.00. The molecule has 0 heterocycles. The van der Waals surface area contributed by atoms with E-state index in [1.165, 1.54) is 6.07 Å². The first-order valence-corrected chi connectivity index (χ1v) is 5.25. The molecule has 0 unspecified atom stereocenters. The highest BCUT2D eigenvalue weighted by Crippen LogP contribution is 2.33. The number of rotatable bonds is 3. The average Bonchev–Trinajstić information content (AvgIpc) is 2.87. The summed E-state index contributed by atoms with van der Waals surface area (Å²) in [4.78, 5) is 0. The fourth-order valence-corrected chi connectivity index (χ4v) is 1.45. The number of halogens is 3. The first-order chi connectivity index (χ1) is 6.59. The molecule has 0 saturated heterocycles. The molecule has 1 fully saturated rings. The Morgan fingerprint density at radius 3 is 2.73 bits per heavy atom. The minimum Gasteiger partial charge on any atom is -0.489 e. The van der Waals surface area contributed by atoms with Gasteiger partial charge in [0.05, 0.1) is 5.54 Å². The Balaban J connectivity index is 0.00000112. The second kappa shape index (κ2) is 4.68. The minimum absolute atomic E-state index is 0. The normalized spacial score (nSPS) is 16.7. The van der Waals surface area contributed by atoms with E-state index in [0.717, 1.165) is 17.3 Å². The van der Waals surface area contributed by atoms with Crippen LogP contribution in [0.2, 0.25) is 0 Å². The van der Waals surface area contributed by atoms with Crippen molar-refractivity contribution in [3.05, 3.63) is 28.5 Å². The summed E-state index contributed by atoms with van der Waals surface area (Å²) in [7, 11) is 0. The summed E-state index contributed by atoms with van der Waals surface area (Å²) in [6, 6.07) is 4.62. The molecule has 2 rings (SSSR count). The molecule has 0 bridgehead atoms. The zero-order valence-corrected chi connectivity index (χ0v) is 10.4. The molecule has 1 aliphatic carbocycles. The van der Waals surface area contributed by atoms with E-state index >= 15 is 0 Å². The topological polar surface area (TPSA) is 35.2 Å². The van der Waals surface area contributed by atoms with Gasteiger partial charge in [0, 0.05) is 4.47 Å². The van der Waals surface area contributed by atoms with E-state index in [2.05, 4.69) is 15.9 Å². The van der Waals surface area contributed by atoms with Gasteiger partial charge >= 0.3 is 0 Å². The van der Waals surface area contributed by atoms with Crippen LogP contribution in [-0.2, 0) is 0 Å². The third-order valence-electron chi connectivity index (χ3n) is 2.30. The van der Waals surface area contributed by atoms with E-state index in [1.807, 2.05) is 0 Å². The van der Waals surface area contributed by atoms with Gasteiger partial charge in [-0.25, -0.2) is 4.39 Å². The van der Waals surface area contributed by atoms with Crippen LogP contribution in [0, 0.1) is 5.82 Å². The SMILES string of the molecule is Cl.NC1(COc2cc(Br)ccc2F)CC1. The lowest BCUT2D eigenvalue weighted by molar-refractivity contribution is 0.267. The van der Waals surface area contributed by atoms with Gasteiger partial charge in [-0.05, 0) is 31.0 Å². The summed E-state index contributed by atoms with van der Waals surface area (Å²) in [5.74, 6) is -0.0893. The fraction of sp³-hybridized carbons (Fsp3) is 0.400. The predicted octanol–water partition coefficient (Wildman–Crippen LogP) is 2.88. The van der Waals surface area contributed by atoms with Gasteiger partial charge in [-0.3, -0.25) is 0 Å². The van der Waals surface area contributed by atoms with Crippen molar-refractivity contribution < 1.29 is 9.13 Å². The molecule has 1 aromatic rings. The summed E-state index contributed by atoms with van der Waals surface area (Å²) < 4.78 is 19.3. The van der Waals surface area contributed by atoms with E-state index in [4.69, 9.17) is 10.5 Å². The summed E-state index contributed by atoms with van der Waals surface area (Å²) in [6.45, 7) is 0.389. The van der Waals surface area contributed by atoms with Gasteiger partial charge in [0.2, 0.25) is 0 Å². The number of hydrogen-bond acceptors (Lipinski definition) is 2. The van der Waals surface area contributed by atoms with Crippen LogP contribution in [0.15, 0.2) is 22.7 Å². The Hall–Kier alpha value is -0.320. The van der Waals surface area contributed by atoms with Crippen LogP contribution in [0.1, 0.15) is 12.8 Å². The molecule has 0 atom stereocenters. The van der Waals surface area contributed by atoms with Crippen molar-refractivity contribution in [2.75, 3.05) is 6.61 Å². The number of nitrogens with two attached hydrogens (primary N) is 1. The lowest BCUT2D eigenvalue weighted by atomic mass is 10.3. The van der Waals surface area contributed by atoms with Gasteiger partial charge in [-0.1, -0.05) is 15.9 Å². The predicted molar refractivity (Wildman–Crippen MR) is 63.0 cm³/mol. The van der Waals surface area contributed by atoms with Gasteiger partial charge < -0.3 is 10.5 Å². The summed E-state index contributed by atoms with van der Waals surface area (Å²) >= 11 is 3.25. The van der Waals surface area contributed by atoms with E-state index in [-0.39, 0.29) is 29.5 Å². The molecule has 5 heteroatoms. The van der Waals surface area contributed by atoms with Crippen molar-refractivity contribution in [2.45, 2.75) is 18.4 Å². The van der Waals surface area contributed by atoms with Crippen molar-refractivity contribution >= 4 is 28.3 Å². The van der Waals surface area contributed by atoms with Crippen molar-refractivity contribution in [3.63, 3.8) is 0 Å². The standard InChI is InChI=1S/C10H11BrFNO.ClH/c11-7-1-2-8(12)9(5-7)14-6-10(13)3-4-10;/h1-2,5H,3-4,6,13H2;1H. The number of ether oxygens (including phenoxy) is 1. The van der Waals surface area contributed by atoms with Crippen LogP contribution in [0.3, 0.4) is 0 Å². The number of hydrogen-bond donors (Lipinski definition) is 1. The van der Waals surface area contributed by atoms with E-state index in [1.54, 1.807) is 12.1 Å². The Bertz CT molecular complexity index is 357. The molecule has 2 nitrogen and oxygen atoms in total. The summed E-state index contributed by atoms with van der Waals surface area (Å²) in [6.07, 6.45) is 1.92. The molecule has 1 aromatic carbocycles. The van der Waals surface area contributed by atoms with E-state index < -0.39 is 0 Å². The molecule has 1 aliphatic rings. The fourth-order valence-electron chi connectivity index (χ4n) is 1.11. The number of benzene rings is 1. The lowest BCUT2D eigenvalue weighted by Crippen LogP contribution is -2.29. The Labute approximate surface area is 103 Å². The quantitative estimate of drug-likeness (QED) is 0.931. The van der Waals surface area contributed by atoms with E-state index in [9.17, 15) is 4.39 Å². The maximum Gasteiger partial charge on any atom is 0.165 e. The van der Waals surface area contributed by atoms with Crippen LogP contribution >= 0.6 is 28.3 Å².